The molecule has 0 spiro atoms. The van der Waals surface area contributed by atoms with Crippen molar-refractivity contribution in [2.24, 2.45) is 5.73 Å². The molecular formula is C9H11Cl2F2N. The number of hydrogen-bond acceptors (Lipinski definition) is 1. The zero-order valence-electron chi connectivity index (χ0n) is 7.34. The van der Waals surface area contributed by atoms with Gasteiger partial charge in [0, 0.05) is 6.04 Å². The molecule has 1 aromatic carbocycles. The van der Waals surface area contributed by atoms with Gasteiger partial charge in [0.05, 0.1) is 11.7 Å². The summed E-state index contributed by atoms with van der Waals surface area (Å²) in [6.07, 6.45) is 0.156. The van der Waals surface area contributed by atoms with Crippen LogP contribution in [0.4, 0.5) is 8.78 Å². The number of halogens is 4. The van der Waals surface area contributed by atoms with Crippen molar-refractivity contribution in [2.75, 3.05) is 6.67 Å². The number of alkyl halides is 1. The third-order valence-electron chi connectivity index (χ3n) is 1.80. The van der Waals surface area contributed by atoms with Crippen LogP contribution < -0.4 is 5.73 Å². The van der Waals surface area contributed by atoms with Gasteiger partial charge in [-0.3, -0.25) is 4.39 Å². The molecule has 0 radical (unpaired) electrons. The Morgan fingerprint density at radius 2 is 2.07 bits per heavy atom. The van der Waals surface area contributed by atoms with Crippen LogP contribution in [0.15, 0.2) is 18.2 Å². The summed E-state index contributed by atoms with van der Waals surface area (Å²) in [5, 5.41) is -0.0107. The molecular weight excluding hydrogens is 231 g/mol. The Kier molecular flexibility index (Phi) is 6.00. The van der Waals surface area contributed by atoms with Crippen molar-refractivity contribution in [1.82, 2.24) is 0 Å². The third kappa shape index (κ3) is 3.08. The molecule has 0 aliphatic carbocycles. The van der Waals surface area contributed by atoms with Gasteiger partial charge in [0.25, 0.3) is 0 Å². The zero-order valence-corrected chi connectivity index (χ0v) is 8.92. The minimum Gasteiger partial charge on any atom is -0.324 e. The highest BCUT2D eigenvalue weighted by atomic mass is 35.5. The SMILES string of the molecule is Cl.N[C@H](CCF)c1cccc(F)c1Cl. The Balaban J connectivity index is 0.00000169. The van der Waals surface area contributed by atoms with Gasteiger partial charge in [-0.15, -0.1) is 12.4 Å². The van der Waals surface area contributed by atoms with Gasteiger partial charge >= 0.3 is 0 Å². The molecule has 0 heterocycles. The Bertz CT molecular complexity index is 294. The maximum absolute atomic E-state index is 12.9. The van der Waals surface area contributed by atoms with Crippen molar-refractivity contribution in [3.63, 3.8) is 0 Å². The van der Waals surface area contributed by atoms with E-state index in [1.54, 1.807) is 6.07 Å². The summed E-state index contributed by atoms with van der Waals surface area (Å²) >= 11 is 5.65. The monoisotopic (exact) mass is 241 g/mol. The summed E-state index contributed by atoms with van der Waals surface area (Å²) < 4.78 is 24.8. The molecule has 0 saturated carbocycles. The van der Waals surface area contributed by atoms with Gasteiger partial charge in [-0.1, -0.05) is 23.7 Å². The van der Waals surface area contributed by atoms with Gasteiger partial charge in [-0.05, 0) is 18.1 Å². The molecule has 0 aliphatic rings. The highest BCUT2D eigenvalue weighted by Crippen LogP contribution is 2.25. The van der Waals surface area contributed by atoms with Gasteiger partial charge in [-0.2, -0.15) is 0 Å². The van der Waals surface area contributed by atoms with E-state index in [4.69, 9.17) is 17.3 Å². The Hall–Kier alpha value is -0.380. The summed E-state index contributed by atoms with van der Waals surface area (Å²) in [6.45, 7) is -0.534. The molecule has 80 valence electrons. The van der Waals surface area contributed by atoms with E-state index in [0.717, 1.165) is 0 Å². The van der Waals surface area contributed by atoms with Crippen LogP contribution in [0.5, 0.6) is 0 Å². The summed E-state index contributed by atoms with van der Waals surface area (Å²) in [5.41, 5.74) is 6.04. The minimum absolute atomic E-state index is 0. The van der Waals surface area contributed by atoms with Crippen LogP contribution in [-0.2, 0) is 0 Å². The van der Waals surface area contributed by atoms with Crippen molar-refractivity contribution >= 4 is 24.0 Å². The second kappa shape index (κ2) is 6.17. The first-order valence-corrected chi connectivity index (χ1v) is 4.30. The van der Waals surface area contributed by atoms with Gasteiger partial charge in [-0.25, -0.2) is 4.39 Å². The van der Waals surface area contributed by atoms with Crippen molar-refractivity contribution in [3.05, 3.63) is 34.6 Å². The minimum atomic E-state index is -0.534. The largest absolute Gasteiger partial charge is 0.324 e. The average Bonchev–Trinajstić information content (AvgIpc) is 2.10. The molecule has 0 aromatic heterocycles. The lowest BCUT2D eigenvalue weighted by molar-refractivity contribution is 0.441. The Labute approximate surface area is 92.7 Å². The van der Waals surface area contributed by atoms with Crippen LogP contribution >= 0.6 is 24.0 Å². The summed E-state index contributed by atoms with van der Waals surface area (Å²) in [7, 11) is 0. The van der Waals surface area contributed by atoms with E-state index in [1.165, 1.54) is 12.1 Å². The smallest absolute Gasteiger partial charge is 0.142 e. The Morgan fingerprint density at radius 3 is 2.64 bits per heavy atom. The molecule has 0 amide bonds. The molecule has 2 N–H and O–H groups in total. The molecule has 1 nitrogen and oxygen atoms in total. The van der Waals surface area contributed by atoms with E-state index < -0.39 is 18.5 Å². The van der Waals surface area contributed by atoms with Crippen LogP contribution in [0.25, 0.3) is 0 Å². The topological polar surface area (TPSA) is 26.0 Å². The Morgan fingerprint density at radius 1 is 1.43 bits per heavy atom. The molecule has 0 fully saturated rings. The molecule has 1 aromatic rings. The lowest BCUT2D eigenvalue weighted by Crippen LogP contribution is -2.11. The first kappa shape index (κ1) is 13.6. The molecule has 1 rings (SSSR count). The van der Waals surface area contributed by atoms with Crippen molar-refractivity contribution in [3.8, 4) is 0 Å². The quantitative estimate of drug-likeness (QED) is 0.864. The number of hydrogen-bond donors (Lipinski definition) is 1. The molecule has 1 atom stereocenters. The highest BCUT2D eigenvalue weighted by Gasteiger charge is 2.12. The number of nitrogens with two attached hydrogens (primary N) is 1. The molecule has 14 heavy (non-hydrogen) atoms. The van der Waals surface area contributed by atoms with E-state index in [1.807, 2.05) is 0 Å². The van der Waals surface area contributed by atoms with Crippen LogP contribution in [0.1, 0.15) is 18.0 Å². The molecule has 0 saturated heterocycles. The highest BCUT2D eigenvalue weighted by molar-refractivity contribution is 6.31. The van der Waals surface area contributed by atoms with Crippen LogP contribution in [0, 0.1) is 5.82 Å². The molecule has 0 bridgehead atoms. The van der Waals surface area contributed by atoms with E-state index in [9.17, 15) is 8.78 Å². The molecule has 5 heteroatoms. The van der Waals surface area contributed by atoms with Crippen molar-refractivity contribution in [1.29, 1.82) is 0 Å². The second-order valence-electron chi connectivity index (χ2n) is 2.73. The van der Waals surface area contributed by atoms with Gasteiger partial charge in [0.1, 0.15) is 5.82 Å². The maximum atomic E-state index is 12.9. The lowest BCUT2D eigenvalue weighted by atomic mass is 10.1. The zero-order chi connectivity index (χ0) is 9.84. The fourth-order valence-electron chi connectivity index (χ4n) is 1.08. The van der Waals surface area contributed by atoms with E-state index in [0.29, 0.717) is 5.56 Å². The first-order chi connectivity index (χ1) is 6.16. The van der Waals surface area contributed by atoms with Crippen LogP contribution in [-0.4, -0.2) is 6.67 Å². The fourth-order valence-corrected chi connectivity index (χ4v) is 1.35. The first-order valence-electron chi connectivity index (χ1n) is 3.92. The van der Waals surface area contributed by atoms with Crippen LogP contribution in [0.2, 0.25) is 5.02 Å². The van der Waals surface area contributed by atoms with Crippen molar-refractivity contribution < 1.29 is 8.78 Å². The summed E-state index contributed by atoms with van der Waals surface area (Å²) in [5.74, 6) is -0.520. The number of rotatable bonds is 3. The van der Waals surface area contributed by atoms with E-state index in [-0.39, 0.29) is 23.9 Å². The van der Waals surface area contributed by atoms with Gasteiger partial charge < -0.3 is 5.73 Å². The van der Waals surface area contributed by atoms with Gasteiger partial charge in [0.15, 0.2) is 0 Å². The lowest BCUT2D eigenvalue weighted by Gasteiger charge is -2.11. The standard InChI is InChI=1S/C9H10ClF2N.ClH/c10-9-6(8(13)4-5-11)2-1-3-7(9)12;/h1-3,8H,4-5,13H2;1H/t8-;/m1./s1. The molecule has 0 unspecified atom stereocenters. The predicted octanol–water partition coefficient (Wildman–Crippen LogP) is 3.26. The average molecular weight is 242 g/mol. The normalized spacial score (nSPS) is 12.0. The van der Waals surface area contributed by atoms with Crippen molar-refractivity contribution in [2.45, 2.75) is 12.5 Å². The molecule has 0 aliphatic heterocycles. The second-order valence-corrected chi connectivity index (χ2v) is 3.11. The van der Waals surface area contributed by atoms with Crippen LogP contribution in [0.3, 0.4) is 0 Å². The van der Waals surface area contributed by atoms with E-state index >= 15 is 0 Å². The van der Waals surface area contributed by atoms with Gasteiger partial charge in [0.2, 0.25) is 0 Å². The maximum Gasteiger partial charge on any atom is 0.142 e. The van der Waals surface area contributed by atoms with E-state index in [2.05, 4.69) is 0 Å². The summed E-state index contributed by atoms with van der Waals surface area (Å²) in [6, 6.07) is 3.82. The number of benzene rings is 1. The fraction of sp³-hybridized carbons (Fsp3) is 0.333. The third-order valence-corrected chi connectivity index (χ3v) is 2.20. The predicted molar refractivity (Wildman–Crippen MR) is 56.2 cm³/mol. The summed E-state index contributed by atoms with van der Waals surface area (Å²) in [4.78, 5) is 0.